The molecule has 0 aliphatic carbocycles. The van der Waals surface area contributed by atoms with E-state index in [-0.39, 0.29) is 0 Å². The van der Waals surface area contributed by atoms with Crippen LogP contribution in [0.2, 0.25) is 0 Å². The number of cyclic esters (lactones) is 1. The van der Waals surface area contributed by atoms with Crippen LogP contribution in [0.4, 0.5) is 0 Å². The van der Waals surface area contributed by atoms with Gasteiger partial charge in [-0.05, 0) is 11.1 Å². The Morgan fingerprint density at radius 3 is 2.08 bits per heavy atom. The van der Waals surface area contributed by atoms with Gasteiger partial charge < -0.3 is 9.47 Å². The quantitative estimate of drug-likeness (QED) is 0.474. The third-order valence-electron chi connectivity index (χ3n) is 4.28. The van der Waals surface area contributed by atoms with Crippen molar-refractivity contribution in [3.63, 3.8) is 0 Å². The number of hydrogen-bond acceptors (Lipinski definition) is 5. The molecule has 0 spiro atoms. The molecular weight excluding hydrogens is 322 g/mol. The first-order valence-electron chi connectivity index (χ1n) is 8.01. The Bertz CT molecular complexity index is 775. The van der Waals surface area contributed by atoms with Gasteiger partial charge in [-0.15, -0.1) is 0 Å². The van der Waals surface area contributed by atoms with Crippen molar-refractivity contribution < 1.29 is 19.2 Å². The first-order chi connectivity index (χ1) is 11.8. The van der Waals surface area contributed by atoms with Gasteiger partial charge in [-0.25, -0.2) is 4.79 Å². The molecule has 6 heteroatoms. The van der Waals surface area contributed by atoms with E-state index >= 15 is 0 Å². The van der Waals surface area contributed by atoms with Crippen LogP contribution in [-0.4, -0.2) is 23.2 Å². The van der Waals surface area contributed by atoms with Crippen molar-refractivity contribution in [2.24, 2.45) is 0 Å². The highest BCUT2D eigenvalue weighted by Gasteiger charge is 2.61. The average Bonchev–Trinajstić information content (AvgIpc) is 2.84. The second-order valence-corrected chi connectivity index (χ2v) is 6.47. The van der Waals surface area contributed by atoms with E-state index in [1.165, 1.54) is 0 Å². The van der Waals surface area contributed by atoms with E-state index in [2.05, 4.69) is 0 Å². The van der Waals surface area contributed by atoms with Crippen molar-refractivity contribution in [1.29, 1.82) is 0 Å². The fourth-order valence-corrected chi connectivity index (χ4v) is 3.33. The zero-order valence-electron chi connectivity index (χ0n) is 14.0. The van der Waals surface area contributed by atoms with Crippen LogP contribution in [0.1, 0.15) is 30.9 Å². The van der Waals surface area contributed by atoms with E-state index in [1.807, 2.05) is 12.1 Å². The molecule has 2 aromatic rings. The predicted octanol–water partition coefficient (Wildman–Crippen LogP) is 3.25. The highest BCUT2D eigenvalue weighted by atomic mass is 16.8. The number of ether oxygens (including phenoxy) is 2. The van der Waals surface area contributed by atoms with Gasteiger partial charge in [-0.3, -0.25) is 10.1 Å². The summed E-state index contributed by atoms with van der Waals surface area (Å²) in [7, 11) is 0. The maximum absolute atomic E-state index is 12.9. The number of nitrogens with zero attached hydrogens (tertiary/aromatic N) is 1. The van der Waals surface area contributed by atoms with Gasteiger partial charge in [0.05, 0.1) is 5.92 Å². The molecule has 1 heterocycles. The molecule has 0 saturated carbocycles. The van der Waals surface area contributed by atoms with E-state index in [4.69, 9.17) is 9.47 Å². The van der Waals surface area contributed by atoms with Gasteiger partial charge in [0.2, 0.25) is 17.9 Å². The zero-order valence-corrected chi connectivity index (χ0v) is 14.0. The minimum Gasteiger partial charge on any atom is -0.431 e. The first kappa shape index (κ1) is 17.1. The molecule has 1 aliphatic heterocycles. The number of hydrogen-bond donors (Lipinski definition) is 0. The second-order valence-electron chi connectivity index (χ2n) is 6.47. The highest BCUT2D eigenvalue weighted by Crippen LogP contribution is 2.49. The van der Waals surface area contributed by atoms with Crippen molar-refractivity contribution in [3.8, 4) is 0 Å². The number of nitro groups is 1. The molecule has 0 bridgehead atoms. The minimum absolute atomic E-state index is 0.426. The Morgan fingerprint density at radius 2 is 1.60 bits per heavy atom. The standard InChI is InChI=1S/C19H19NO5/c1-18(2)24-17(21)19(25-18,15-11-7-4-8-12-15)16(13-20(22)23)14-9-5-3-6-10-14/h3-12,16H,13H2,1-2H3/t16-,19-/m0/s1. The first-order valence-corrected chi connectivity index (χ1v) is 8.01. The van der Waals surface area contributed by atoms with Gasteiger partial charge in [0, 0.05) is 18.8 Å². The third-order valence-corrected chi connectivity index (χ3v) is 4.28. The normalized spacial score (nSPS) is 23.0. The van der Waals surface area contributed by atoms with Crippen LogP contribution in [0.5, 0.6) is 0 Å². The van der Waals surface area contributed by atoms with E-state index in [0.717, 1.165) is 0 Å². The summed E-state index contributed by atoms with van der Waals surface area (Å²) in [4.78, 5) is 23.9. The van der Waals surface area contributed by atoms with Gasteiger partial charge in [0.15, 0.2) is 0 Å². The lowest BCUT2D eigenvalue weighted by atomic mass is 9.77. The molecule has 0 N–H and O–H groups in total. The Labute approximate surface area is 145 Å². The molecule has 2 atom stereocenters. The lowest BCUT2D eigenvalue weighted by Crippen LogP contribution is -2.43. The zero-order chi connectivity index (χ0) is 18.1. The number of carbonyl (C=O) groups is 1. The SMILES string of the molecule is CC1(C)OC(=O)[C@](c2ccccc2)([C@@H](C[N+](=O)[O-])c2ccccc2)O1. The maximum atomic E-state index is 12.9. The third kappa shape index (κ3) is 3.13. The van der Waals surface area contributed by atoms with Crippen molar-refractivity contribution >= 4 is 5.97 Å². The lowest BCUT2D eigenvalue weighted by molar-refractivity contribution is -0.487. The minimum atomic E-state index is -1.57. The molecule has 0 radical (unpaired) electrons. The summed E-state index contributed by atoms with van der Waals surface area (Å²) in [5.41, 5.74) is -0.377. The summed E-state index contributed by atoms with van der Waals surface area (Å²) < 4.78 is 11.5. The van der Waals surface area contributed by atoms with Crippen LogP contribution < -0.4 is 0 Å². The Kier molecular flexibility index (Phi) is 4.30. The summed E-state index contributed by atoms with van der Waals surface area (Å²) in [6.45, 7) is 2.80. The van der Waals surface area contributed by atoms with Crippen molar-refractivity contribution in [1.82, 2.24) is 0 Å². The van der Waals surface area contributed by atoms with Crippen molar-refractivity contribution in [3.05, 3.63) is 81.9 Å². The lowest BCUT2D eigenvalue weighted by Gasteiger charge is -2.32. The van der Waals surface area contributed by atoms with Gasteiger partial charge in [-0.1, -0.05) is 60.7 Å². The molecular formula is C19H19NO5. The molecule has 3 rings (SSSR count). The summed E-state index contributed by atoms with van der Waals surface area (Å²) >= 11 is 0. The maximum Gasteiger partial charge on any atom is 0.346 e. The van der Waals surface area contributed by atoms with Gasteiger partial charge in [0.25, 0.3) is 0 Å². The average molecular weight is 341 g/mol. The van der Waals surface area contributed by atoms with E-state index < -0.39 is 34.7 Å². The Hall–Kier alpha value is -2.73. The molecule has 130 valence electrons. The van der Waals surface area contributed by atoms with Crippen LogP contribution >= 0.6 is 0 Å². The number of rotatable bonds is 5. The molecule has 1 fully saturated rings. The molecule has 25 heavy (non-hydrogen) atoms. The van der Waals surface area contributed by atoms with Gasteiger partial charge in [0.1, 0.15) is 0 Å². The topological polar surface area (TPSA) is 78.7 Å². The molecule has 0 aromatic heterocycles. The molecule has 1 aliphatic rings. The van der Waals surface area contributed by atoms with Crippen molar-refractivity contribution in [2.75, 3.05) is 6.54 Å². The number of carbonyl (C=O) groups excluding carboxylic acids is 1. The molecule has 0 unspecified atom stereocenters. The summed E-state index contributed by atoms with van der Waals surface area (Å²) in [5.74, 6) is -2.60. The molecule has 6 nitrogen and oxygen atoms in total. The molecule has 1 saturated heterocycles. The van der Waals surface area contributed by atoms with E-state index in [0.29, 0.717) is 11.1 Å². The largest absolute Gasteiger partial charge is 0.431 e. The Balaban J connectivity index is 2.22. The van der Waals surface area contributed by atoms with E-state index in [1.54, 1.807) is 62.4 Å². The smallest absolute Gasteiger partial charge is 0.346 e. The summed E-state index contributed by atoms with van der Waals surface area (Å²) in [5, 5.41) is 11.4. The Morgan fingerprint density at radius 1 is 1.04 bits per heavy atom. The van der Waals surface area contributed by atoms with Crippen LogP contribution in [0, 0.1) is 10.1 Å². The summed E-state index contributed by atoms with van der Waals surface area (Å²) in [6.07, 6.45) is 0. The second kappa shape index (κ2) is 6.29. The van der Waals surface area contributed by atoms with Crippen LogP contribution in [0.15, 0.2) is 60.7 Å². The fraction of sp³-hybridized carbons (Fsp3) is 0.316. The van der Waals surface area contributed by atoms with Crippen LogP contribution in [0.25, 0.3) is 0 Å². The highest BCUT2D eigenvalue weighted by molar-refractivity contribution is 5.85. The molecule has 0 amide bonds. The summed E-state index contributed by atoms with van der Waals surface area (Å²) in [6, 6.07) is 17.7. The van der Waals surface area contributed by atoms with Crippen LogP contribution in [-0.2, 0) is 19.9 Å². The fourth-order valence-electron chi connectivity index (χ4n) is 3.33. The number of benzene rings is 2. The molecule has 2 aromatic carbocycles. The van der Waals surface area contributed by atoms with Crippen LogP contribution in [0.3, 0.4) is 0 Å². The predicted molar refractivity (Wildman–Crippen MR) is 90.4 cm³/mol. The van der Waals surface area contributed by atoms with E-state index in [9.17, 15) is 14.9 Å². The van der Waals surface area contributed by atoms with Gasteiger partial charge >= 0.3 is 5.97 Å². The number of esters is 1. The van der Waals surface area contributed by atoms with Gasteiger partial charge in [-0.2, -0.15) is 0 Å². The monoisotopic (exact) mass is 341 g/mol. The van der Waals surface area contributed by atoms with Crippen molar-refractivity contribution in [2.45, 2.75) is 31.2 Å².